The minimum Gasteiger partial charge on any atom is -0.340 e. The Hall–Kier alpha value is -1.89. The Labute approximate surface area is 94.1 Å². The Kier molecular flexibility index (Phi) is 4.01. The molecule has 0 aliphatic rings. The summed E-state index contributed by atoms with van der Waals surface area (Å²) in [5.41, 5.74) is 0.0372. The van der Waals surface area contributed by atoms with E-state index >= 15 is 0 Å². The lowest BCUT2D eigenvalue weighted by Gasteiger charge is -2.18. The van der Waals surface area contributed by atoms with E-state index in [9.17, 15) is 9.18 Å². The molecular formula is C12H13FN2O. The largest absolute Gasteiger partial charge is 0.340 e. The van der Waals surface area contributed by atoms with Gasteiger partial charge in [0, 0.05) is 13.6 Å². The van der Waals surface area contributed by atoms with Gasteiger partial charge in [0.1, 0.15) is 5.82 Å². The van der Waals surface area contributed by atoms with Crippen molar-refractivity contribution in [3.05, 3.63) is 35.6 Å². The topological polar surface area (TPSA) is 44.1 Å². The van der Waals surface area contributed by atoms with Gasteiger partial charge >= 0.3 is 0 Å². The summed E-state index contributed by atoms with van der Waals surface area (Å²) in [6.45, 7) is 2.01. The van der Waals surface area contributed by atoms with Crippen LogP contribution in [0, 0.1) is 23.1 Å². The molecule has 84 valence electrons. The molecule has 1 amide bonds. The molecule has 3 nitrogen and oxygen atoms in total. The maximum Gasteiger partial charge on any atom is 0.256 e. The van der Waals surface area contributed by atoms with E-state index in [1.165, 1.54) is 23.1 Å². The van der Waals surface area contributed by atoms with Crippen LogP contribution < -0.4 is 0 Å². The van der Waals surface area contributed by atoms with E-state index < -0.39 is 11.7 Å². The summed E-state index contributed by atoms with van der Waals surface area (Å²) >= 11 is 0. The number of benzene rings is 1. The van der Waals surface area contributed by atoms with Gasteiger partial charge in [0.25, 0.3) is 5.91 Å². The number of carbonyl (C=O) groups excluding carboxylic acids is 1. The first-order chi connectivity index (χ1) is 7.56. The van der Waals surface area contributed by atoms with Crippen LogP contribution in [0.3, 0.4) is 0 Å². The van der Waals surface area contributed by atoms with Crippen molar-refractivity contribution < 1.29 is 9.18 Å². The quantitative estimate of drug-likeness (QED) is 0.782. The summed E-state index contributed by atoms with van der Waals surface area (Å²) < 4.78 is 13.3. The van der Waals surface area contributed by atoms with Crippen LogP contribution in [0.1, 0.15) is 17.3 Å². The summed E-state index contributed by atoms with van der Waals surface area (Å²) in [5, 5.41) is 8.63. The van der Waals surface area contributed by atoms with Crippen molar-refractivity contribution in [3.63, 3.8) is 0 Å². The van der Waals surface area contributed by atoms with Gasteiger partial charge in [0.2, 0.25) is 0 Å². The lowest BCUT2D eigenvalue weighted by Crippen LogP contribution is -2.31. The molecular weight excluding hydrogens is 207 g/mol. The molecule has 0 aromatic heterocycles. The second-order valence-electron chi connectivity index (χ2n) is 3.70. The second kappa shape index (κ2) is 5.26. The highest BCUT2D eigenvalue weighted by molar-refractivity contribution is 5.94. The Morgan fingerprint density at radius 2 is 2.19 bits per heavy atom. The van der Waals surface area contributed by atoms with Gasteiger partial charge in [0.15, 0.2) is 0 Å². The van der Waals surface area contributed by atoms with Crippen molar-refractivity contribution in [1.29, 1.82) is 5.26 Å². The predicted molar refractivity (Wildman–Crippen MR) is 58.1 cm³/mol. The number of carbonyl (C=O) groups is 1. The molecule has 4 heteroatoms. The molecule has 0 saturated heterocycles. The van der Waals surface area contributed by atoms with Crippen LogP contribution in [0.15, 0.2) is 24.3 Å². The molecule has 0 fully saturated rings. The third-order valence-electron chi connectivity index (χ3n) is 2.22. The zero-order chi connectivity index (χ0) is 12.1. The first-order valence-corrected chi connectivity index (χ1v) is 4.96. The van der Waals surface area contributed by atoms with E-state index in [0.29, 0.717) is 6.54 Å². The van der Waals surface area contributed by atoms with Crippen LogP contribution in [-0.2, 0) is 0 Å². The first-order valence-electron chi connectivity index (χ1n) is 4.96. The monoisotopic (exact) mass is 220 g/mol. The van der Waals surface area contributed by atoms with E-state index in [-0.39, 0.29) is 11.5 Å². The molecule has 0 radical (unpaired) electrons. The van der Waals surface area contributed by atoms with Crippen LogP contribution in [0.4, 0.5) is 4.39 Å². The molecule has 0 aliphatic heterocycles. The van der Waals surface area contributed by atoms with Gasteiger partial charge < -0.3 is 4.90 Å². The zero-order valence-corrected chi connectivity index (χ0v) is 9.27. The Balaban J connectivity index is 2.80. The summed E-state index contributed by atoms with van der Waals surface area (Å²) in [4.78, 5) is 13.1. The summed E-state index contributed by atoms with van der Waals surface area (Å²) in [7, 11) is 1.56. The number of hydrogen-bond donors (Lipinski definition) is 0. The Morgan fingerprint density at radius 3 is 2.75 bits per heavy atom. The van der Waals surface area contributed by atoms with Crippen molar-refractivity contribution in [3.8, 4) is 6.07 Å². The van der Waals surface area contributed by atoms with Crippen LogP contribution in [0.25, 0.3) is 0 Å². The molecule has 1 unspecified atom stereocenters. The molecule has 0 N–H and O–H groups in total. The molecule has 1 aromatic carbocycles. The SMILES string of the molecule is CC(C#N)CN(C)C(=O)c1ccccc1F. The second-order valence-corrected chi connectivity index (χ2v) is 3.70. The number of halogens is 1. The van der Waals surface area contributed by atoms with Gasteiger partial charge in [-0.1, -0.05) is 12.1 Å². The third-order valence-corrected chi connectivity index (χ3v) is 2.22. The lowest BCUT2D eigenvalue weighted by atomic mass is 10.1. The number of amides is 1. The maximum atomic E-state index is 13.3. The normalized spacial score (nSPS) is 11.6. The molecule has 0 spiro atoms. The Morgan fingerprint density at radius 1 is 1.56 bits per heavy atom. The maximum absolute atomic E-state index is 13.3. The lowest BCUT2D eigenvalue weighted by molar-refractivity contribution is 0.0780. The van der Waals surface area contributed by atoms with Gasteiger partial charge in [-0.15, -0.1) is 0 Å². The molecule has 1 aromatic rings. The minimum atomic E-state index is -0.538. The number of rotatable bonds is 3. The van der Waals surface area contributed by atoms with Gasteiger partial charge in [-0.05, 0) is 19.1 Å². The highest BCUT2D eigenvalue weighted by atomic mass is 19.1. The number of nitrogens with zero attached hydrogens (tertiary/aromatic N) is 2. The number of nitriles is 1. The van der Waals surface area contributed by atoms with Crippen LogP contribution in [0.5, 0.6) is 0 Å². The van der Waals surface area contributed by atoms with Gasteiger partial charge in [-0.25, -0.2) is 4.39 Å². The van der Waals surface area contributed by atoms with Crippen molar-refractivity contribution >= 4 is 5.91 Å². The summed E-state index contributed by atoms with van der Waals surface area (Å²) in [6, 6.07) is 7.85. The smallest absolute Gasteiger partial charge is 0.256 e. The van der Waals surface area contributed by atoms with Crippen molar-refractivity contribution in [2.24, 2.45) is 5.92 Å². The average Bonchev–Trinajstić information content (AvgIpc) is 2.28. The Bertz CT molecular complexity index is 425. The van der Waals surface area contributed by atoms with Crippen LogP contribution in [-0.4, -0.2) is 24.4 Å². The van der Waals surface area contributed by atoms with Gasteiger partial charge in [0.05, 0.1) is 17.6 Å². The third kappa shape index (κ3) is 2.80. The van der Waals surface area contributed by atoms with Crippen molar-refractivity contribution in [2.45, 2.75) is 6.92 Å². The van der Waals surface area contributed by atoms with E-state index in [0.717, 1.165) is 0 Å². The highest BCUT2D eigenvalue weighted by Gasteiger charge is 2.16. The fraction of sp³-hybridized carbons (Fsp3) is 0.333. The van der Waals surface area contributed by atoms with Gasteiger partial charge in [-0.2, -0.15) is 5.26 Å². The molecule has 0 bridgehead atoms. The van der Waals surface area contributed by atoms with Crippen molar-refractivity contribution in [1.82, 2.24) is 4.90 Å². The first kappa shape index (κ1) is 12.2. The van der Waals surface area contributed by atoms with Crippen molar-refractivity contribution in [2.75, 3.05) is 13.6 Å². The molecule has 16 heavy (non-hydrogen) atoms. The summed E-state index contributed by atoms with van der Waals surface area (Å²) in [6.07, 6.45) is 0. The fourth-order valence-corrected chi connectivity index (χ4v) is 1.37. The number of hydrogen-bond acceptors (Lipinski definition) is 2. The molecule has 1 rings (SSSR count). The zero-order valence-electron chi connectivity index (χ0n) is 9.27. The van der Waals surface area contributed by atoms with Gasteiger partial charge in [-0.3, -0.25) is 4.79 Å². The molecule has 1 atom stereocenters. The average molecular weight is 220 g/mol. The van der Waals surface area contributed by atoms with E-state index in [1.54, 1.807) is 20.0 Å². The van der Waals surface area contributed by atoms with E-state index in [2.05, 4.69) is 0 Å². The standard InChI is InChI=1S/C12H13FN2O/c1-9(7-14)8-15(2)12(16)10-5-3-4-6-11(10)13/h3-6,9H,8H2,1-2H3. The van der Waals surface area contributed by atoms with E-state index in [4.69, 9.17) is 5.26 Å². The highest BCUT2D eigenvalue weighted by Crippen LogP contribution is 2.10. The fourth-order valence-electron chi connectivity index (χ4n) is 1.37. The molecule has 0 heterocycles. The van der Waals surface area contributed by atoms with Crippen LogP contribution in [0.2, 0.25) is 0 Å². The predicted octanol–water partition coefficient (Wildman–Crippen LogP) is 2.06. The van der Waals surface area contributed by atoms with Crippen LogP contribution >= 0.6 is 0 Å². The summed E-state index contributed by atoms with van der Waals surface area (Å²) in [5.74, 6) is -1.20. The molecule has 0 saturated carbocycles. The van der Waals surface area contributed by atoms with E-state index in [1.807, 2.05) is 6.07 Å². The minimum absolute atomic E-state index is 0.0372. The molecule has 0 aliphatic carbocycles.